The van der Waals surface area contributed by atoms with Crippen LogP contribution in [0.1, 0.15) is 24.4 Å². The summed E-state index contributed by atoms with van der Waals surface area (Å²) in [6.07, 6.45) is 2.26. The Bertz CT molecular complexity index is 965. The Morgan fingerprint density at radius 2 is 2.00 bits per heavy atom. The highest BCUT2D eigenvalue weighted by molar-refractivity contribution is 9.10. The van der Waals surface area contributed by atoms with E-state index in [4.69, 9.17) is 0 Å². The molecule has 1 fully saturated rings. The number of nitrogens with one attached hydrogen (secondary N) is 2. The fraction of sp³-hybridized carbons (Fsp3) is 0.263. The number of carbonyl (C=O) groups is 1. The Morgan fingerprint density at radius 1 is 1.22 bits per heavy atom. The lowest BCUT2D eigenvalue weighted by atomic mass is 10.2. The van der Waals surface area contributed by atoms with Gasteiger partial charge in [-0.3, -0.25) is 4.79 Å². The molecule has 2 N–H and O–H groups in total. The maximum atomic E-state index is 12.2. The van der Waals surface area contributed by atoms with Crippen molar-refractivity contribution >= 4 is 33.2 Å². The molecular formula is C19H19BrN6O. The second kappa shape index (κ2) is 7.48. The summed E-state index contributed by atoms with van der Waals surface area (Å²) in [5, 5.41) is 18.0. The number of aryl methyl sites for hydroxylation is 1. The summed E-state index contributed by atoms with van der Waals surface area (Å²) in [5.74, 6) is 0.673. The van der Waals surface area contributed by atoms with Gasteiger partial charge in [0.1, 0.15) is 0 Å². The molecular weight excluding hydrogens is 408 g/mol. The molecule has 7 nitrogen and oxygen atoms in total. The van der Waals surface area contributed by atoms with Gasteiger partial charge in [-0.05, 0) is 88.1 Å². The van der Waals surface area contributed by atoms with Crippen molar-refractivity contribution in [1.82, 2.24) is 20.2 Å². The summed E-state index contributed by atoms with van der Waals surface area (Å²) in [7, 11) is 0. The zero-order chi connectivity index (χ0) is 18.8. The molecule has 1 heterocycles. The lowest BCUT2D eigenvalue weighted by Gasteiger charge is -2.10. The number of benzene rings is 2. The van der Waals surface area contributed by atoms with Crippen molar-refractivity contribution in [3.8, 4) is 11.4 Å². The van der Waals surface area contributed by atoms with Gasteiger partial charge < -0.3 is 10.6 Å². The van der Waals surface area contributed by atoms with E-state index in [1.54, 1.807) is 0 Å². The monoisotopic (exact) mass is 426 g/mol. The van der Waals surface area contributed by atoms with Crippen LogP contribution in [0.4, 0.5) is 11.4 Å². The van der Waals surface area contributed by atoms with Gasteiger partial charge in [0.25, 0.3) is 0 Å². The maximum Gasteiger partial charge on any atom is 0.243 e. The number of hydrogen-bond acceptors (Lipinski definition) is 5. The maximum absolute atomic E-state index is 12.2. The zero-order valence-corrected chi connectivity index (χ0v) is 16.4. The molecule has 1 aliphatic rings. The van der Waals surface area contributed by atoms with Gasteiger partial charge in [-0.1, -0.05) is 6.07 Å². The van der Waals surface area contributed by atoms with E-state index in [0.29, 0.717) is 6.04 Å². The van der Waals surface area contributed by atoms with E-state index >= 15 is 0 Å². The van der Waals surface area contributed by atoms with E-state index in [1.165, 1.54) is 0 Å². The Morgan fingerprint density at radius 3 is 2.70 bits per heavy atom. The number of anilines is 2. The zero-order valence-electron chi connectivity index (χ0n) is 14.8. The van der Waals surface area contributed by atoms with Crippen LogP contribution in [0.25, 0.3) is 11.4 Å². The number of amides is 1. The third kappa shape index (κ3) is 4.16. The number of halogens is 1. The highest BCUT2D eigenvalue weighted by Gasteiger charge is 2.28. The van der Waals surface area contributed by atoms with E-state index in [9.17, 15) is 4.79 Å². The Hall–Kier alpha value is -2.74. The van der Waals surface area contributed by atoms with Crippen LogP contribution in [0.2, 0.25) is 0 Å². The van der Waals surface area contributed by atoms with Gasteiger partial charge in [-0.25, -0.2) is 4.68 Å². The van der Waals surface area contributed by atoms with Crippen molar-refractivity contribution in [2.45, 2.75) is 25.8 Å². The van der Waals surface area contributed by atoms with Crippen LogP contribution in [0.5, 0.6) is 0 Å². The molecule has 1 aromatic heterocycles. The predicted molar refractivity (Wildman–Crippen MR) is 108 cm³/mol. The molecule has 0 bridgehead atoms. The highest BCUT2D eigenvalue weighted by atomic mass is 79.9. The Labute approximate surface area is 165 Å². The second-order valence-electron chi connectivity index (χ2n) is 6.64. The summed E-state index contributed by atoms with van der Waals surface area (Å²) < 4.78 is 2.75. The number of aromatic nitrogens is 4. The fourth-order valence-electron chi connectivity index (χ4n) is 2.78. The predicted octanol–water partition coefficient (Wildman–Crippen LogP) is 3.80. The summed E-state index contributed by atoms with van der Waals surface area (Å²) in [6, 6.07) is 14.0. The van der Waals surface area contributed by atoms with E-state index in [2.05, 4.69) is 42.1 Å². The van der Waals surface area contributed by atoms with E-state index in [0.717, 1.165) is 45.6 Å². The standard InChI is InChI=1S/C19H19BrN6O/c1-12-2-9-17(16(20)10-12)22-18(27)11-21-14-5-3-13(4-6-14)19-23-24-25-26(19)15-7-8-15/h2-6,9-10,15,21H,7-8,11H2,1H3,(H,22,27). The molecule has 1 amide bonds. The average Bonchev–Trinajstić information content (AvgIpc) is 3.39. The van der Waals surface area contributed by atoms with E-state index in [1.807, 2.05) is 54.1 Å². The van der Waals surface area contributed by atoms with Gasteiger partial charge in [0.05, 0.1) is 18.3 Å². The summed E-state index contributed by atoms with van der Waals surface area (Å²) in [5.41, 5.74) is 3.72. The van der Waals surface area contributed by atoms with Crippen LogP contribution in [0, 0.1) is 6.92 Å². The number of rotatable bonds is 6. The summed E-state index contributed by atoms with van der Waals surface area (Å²) in [6.45, 7) is 2.18. The van der Waals surface area contributed by atoms with Crippen molar-refractivity contribution in [2.24, 2.45) is 0 Å². The molecule has 2 aromatic carbocycles. The number of tetrazole rings is 1. The Kier molecular flexibility index (Phi) is 4.89. The van der Waals surface area contributed by atoms with Crippen molar-refractivity contribution in [1.29, 1.82) is 0 Å². The van der Waals surface area contributed by atoms with Gasteiger partial charge in [-0.2, -0.15) is 0 Å². The topological polar surface area (TPSA) is 84.7 Å². The molecule has 27 heavy (non-hydrogen) atoms. The van der Waals surface area contributed by atoms with Crippen molar-refractivity contribution in [2.75, 3.05) is 17.2 Å². The van der Waals surface area contributed by atoms with Crippen LogP contribution in [0.3, 0.4) is 0 Å². The van der Waals surface area contributed by atoms with Gasteiger partial charge in [-0.15, -0.1) is 5.10 Å². The van der Waals surface area contributed by atoms with Crippen LogP contribution in [-0.4, -0.2) is 32.7 Å². The summed E-state index contributed by atoms with van der Waals surface area (Å²) >= 11 is 3.47. The largest absolute Gasteiger partial charge is 0.376 e. The van der Waals surface area contributed by atoms with Crippen molar-refractivity contribution < 1.29 is 4.79 Å². The molecule has 0 radical (unpaired) electrons. The van der Waals surface area contributed by atoms with Gasteiger partial charge in [0, 0.05) is 15.7 Å². The molecule has 0 unspecified atom stereocenters. The smallest absolute Gasteiger partial charge is 0.243 e. The van der Waals surface area contributed by atoms with Crippen LogP contribution < -0.4 is 10.6 Å². The van der Waals surface area contributed by atoms with Gasteiger partial charge in [0.15, 0.2) is 5.82 Å². The third-order valence-corrected chi connectivity index (χ3v) is 5.04. The van der Waals surface area contributed by atoms with Crippen molar-refractivity contribution in [3.05, 3.63) is 52.5 Å². The molecule has 3 aromatic rings. The molecule has 8 heteroatoms. The lowest BCUT2D eigenvalue weighted by molar-refractivity contribution is -0.114. The summed E-state index contributed by atoms with van der Waals surface area (Å²) in [4.78, 5) is 12.2. The molecule has 1 saturated carbocycles. The second-order valence-corrected chi connectivity index (χ2v) is 7.49. The minimum absolute atomic E-state index is 0.110. The quantitative estimate of drug-likeness (QED) is 0.625. The Balaban J connectivity index is 1.36. The molecule has 138 valence electrons. The van der Waals surface area contributed by atoms with Crippen LogP contribution in [-0.2, 0) is 4.79 Å². The minimum atomic E-state index is -0.110. The first-order chi connectivity index (χ1) is 13.1. The lowest BCUT2D eigenvalue weighted by Crippen LogP contribution is -2.21. The molecule has 4 rings (SSSR count). The fourth-order valence-corrected chi connectivity index (χ4v) is 3.38. The normalized spacial score (nSPS) is 13.4. The molecule has 0 aliphatic heterocycles. The average molecular weight is 427 g/mol. The number of carbonyl (C=O) groups excluding carboxylic acids is 1. The number of nitrogens with zero attached hydrogens (tertiary/aromatic N) is 4. The van der Waals surface area contributed by atoms with Gasteiger partial charge >= 0.3 is 0 Å². The van der Waals surface area contributed by atoms with Crippen LogP contribution >= 0.6 is 15.9 Å². The molecule has 0 spiro atoms. The first-order valence-corrected chi connectivity index (χ1v) is 9.57. The first kappa shape index (κ1) is 17.7. The molecule has 1 aliphatic carbocycles. The first-order valence-electron chi connectivity index (χ1n) is 8.78. The van der Waals surface area contributed by atoms with Gasteiger partial charge in [0.2, 0.25) is 5.91 Å². The number of hydrogen-bond donors (Lipinski definition) is 2. The highest BCUT2D eigenvalue weighted by Crippen LogP contribution is 2.36. The minimum Gasteiger partial charge on any atom is -0.376 e. The van der Waals surface area contributed by atoms with Crippen molar-refractivity contribution in [3.63, 3.8) is 0 Å². The third-order valence-electron chi connectivity index (χ3n) is 4.38. The SMILES string of the molecule is Cc1ccc(NC(=O)CNc2ccc(-c3nnnn3C3CC3)cc2)c(Br)c1. The van der Waals surface area contributed by atoms with Crippen LogP contribution in [0.15, 0.2) is 46.9 Å². The molecule has 0 atom stereocenters. The molecule has 0 saturated heterocycles. The van der Waals surface area contributed by atoms with E-state index in [-0.39, 0.29) is 12.5 Å². The van der Waals surface area contributed by atoms with E-state index < -0.39 is 0 Å².